The van der Waals surface area contributed by atoms with Crippen LogP contribution in [0, 0.1) is 0 Å². The third-order valence-corrected chi connectivity index (χ3v) is 6.37. The Kier molecular flexibility index (Phi) is 6.72. The van der Waals surface area contributed by atoms with Gasteiger partial charge in [-0.15, -0.1) is 0 Å². The number of likely N-dealkylation sites (tertiary alicyclic amines) is 1. The standard InChI is InChI=1S/C26H31N3O3/c1-18(2)19-8-10-20(11-9-19)23-22(24(30)21-6-4-3-5-7-21)25(31)26(32)29(23)17-16-28-14-12-27-13-15-28/h3-11,18,23,27,30H,12-17H2,1-2H3/t23-/m0/s1. The highest BCUT2D eigenvalue weighted by molar-refractivity contribution is 6.46. The third kappa shape index (κ3) is 4.47. The molecule has 2 N–H and O–H groups in total. The summed E-state index contributed by atoms with van der Waals surface area (Å²) in [5.74, 6) is -0.904. The van der Waals surface area contributed by atoms with Crippen molar-refractivity contribution < 1.29 is 14.7 Å². The van der Waals surface area contributed by atoms with Crippen LogP contribution in [0.2, 0.25) is 0 Å². The van der Waals surface area contributed by atoms with Crippen molar-refractivity contribution in [1.82, 2.24) is 15.1 Å². The summed E-state index contributed by atoms with van der Waals surface area (Å²) in [5, 5.41) is 14.4. The van der Waals surface area contributed by atoms with Crippen molar-refractivity contribution in [3.63, 3.8) is 0 Å². The minimum atomic E-state index is -0.621. The van der Waals surface area contributed by atoms with Gasteiger partial charge >= 0.3 is 0 Å². The lowest BCUT2D eigenvalue weighted by Gasteiger charge is -2.31. The predicted octanol–water partition coefficient (Wildman–Crippen LogP) is 3.14. The van der Waals surface area contributed by atoms with Crippen molar-refractivity contribution in [2.24, 2.45) is 0 Å². The van der Waals surface area contributed by atoms with Gasteiger partial charge in [-0.05, 0) is 17.0 Å². The predicted molar refractivity (Wildman–Crippen MR) is 125 cm³/mol. The van der Waals surface area contributed by atoms with Gasteiger partial charge in [0.2, 0.25) is 0 Å². The molecular weight excluding hydrogens is 402 g/mol. The smallest absolute Gasteiger partial charge is 0.295 e. The zero-order valence-electron chi connectivity index (χ0n) is 18.8. The van der Waals surface area contributed by atoms with Crippen molar-refractivity contribution >= 4 is 17.4 Å². The quantitative estimate of drug-likeness (QED) is 0.416. The molecule has 6 nitrogen and oxygen atoms in total. The number of nitrogens with zero attached hydrogens (tertiary/aromatic N) is 2. The van der Waals surface area contributed by atoms with Crippen molar-refractivity contribution in [2.45, 2.75) is 25.8 Å². The van der Waals surface area contributed by atoms with Crippen LogP contribution in [0.4, 0.5) is 0 Å². The molecular formula is C26H31N3O3. The highest BCUT2D eigenvalue weighted by Gasteiger charge is 2.46. The fourth-order valence-electron chi connectivity index (χ4n) is 4.46. The van der Waals surface area contributed by atoms with Crippen LogP contribution in [0.3, 0.4) is 0 Å². The number of aliphatic hydroxyl groups excluding tert-OH is 1. The maximum atomic E-state index is 13.1. The highest BCUT2D eigenvalue weighted by Crippen LogP contribution is 2.39. The van der Waals surface area contributed by atoms with Gasteiger partial charge in [0.1, 0.15) is 5.76 Å². The Labute approximate surface area is 189 Å². The number of carbonyl (C=O) groups excluding carboxylic acids is 2. The lowest BCUT2D eigenvalue weighted by Crippen LogP contribution is -2.46. The average Bonchev–Trinajstić information content (AvgIpc) is 3.08. The molecule has 2 fully saturated rings. The van der Waals surface area contributed by atoms with E-state index < -0.39 is 17.7 Å². The van der Waals surface area contributed by atoms with E-state index in [1.165, 1.54) is 5.56 Å². The first-order valence-corrected chi connectivity index (χ1v) is 11.3. The van der Waals surface area contributed by atoms with E-state index in [2.05, 4.69) is 24.1 Å². The van der Waals surface area contributed by atoms with Gasteiger partial charge in [0.25, 0.3) is 11.7 Å². The average molecular weight is 434 g/mol. The van der Waals surface area contributed by atoms with Gasteiger partial charge < -0.3 is 15.3 Å². The monoisotopic (exact) mass is 433 g/mol. The van der Waals surface area contributed by atoms with E-state index in [-0.39, 0.29) is 11.3 Å². The van der Waals surface area contributed by atoms with Gasteiger partial charge in [-0.2, -0.15) is 0 Å². The SMILES string of the molecule is CC(C)c1ccc([C@H]2C(=C(O)c3ccccc3)C(=O)C(=O)N2CCN2CCNCC2)cc1. The van der Waals surface area contributed by atoms with Crippen LogP contribution in [-0.4, -0.2) is 65.9 Å². The number of ketones is 1. The summed E-state index contributed by atoms with van der Waals surface area (Å²) in [5.41, 5.74) is 2.73. The van der Waals surface area contributed by atoms with Crippen molar-refractivity contribution in [3.8, 4) is 0 Å². The topological polar surface area (TPSA) is 72.9 Å². The minimum absolute atomic E-state index is 0.119. The number of hydrogen-bond acceptors (Lipinski definition) is 5. The van der Waals surface area contributed by atoms with E-state index in [0.717, 1.165) is 31.7 Å². The number of hydrogen-bond donors (Lipinski definition) is 2. The number of carbonyl (C=O) groups is 2. The summed E-state index contributed by atoms with van der Waals surface area (Å²) in [7, 11) is 0. The minimum Gasteiger partial charge on any atom is -0.507 e. The summed E-state index contributed by atoms with van der Waals surface area (Å²) in [6.07, 6.45) is 0. The summed E-state index contributed by atoms with van der Waals surface area (Å²) in [6.45, 7) is 9.07. The van der Waals surface area contributed by atoms with E-state index in [9.17, 15) is 14.7 Å². The van der Waals surface area contributed by atoms with E-state index in [1.54, 1.807) is 17.0 Å². The third-order valence-electron chi connectivity index (χ3n) is 6.37. The fourth-order valence-corrected chi connectivity index (χ4v) is 4.46. The molecule has 1 atom stereocenters. The zero-order chi connectivity index (χ0) is 22.7. The molecule has 2 saturated heterocycles. The Morgan fingerprint density at radius 2 is 1.66 bits per heavy atom. The Morgan fingerprint density at radius 1 is 1.00 bits per heavy atom. The van der Waals surface area contributed by atoms with Gasteiger partial charge in [-0.25, -0.2) is 0 Å². The summed E-state index contributed by atoms with van der Waals surface area (Å²) in [6, 6.07) is 16.4. The molecule has 0 saturated carbocycles. The zero-order valence-corrected chi connectivity index (χ0v) is 18.8. The molecule has 32 heavy (non-hydrogen) atoms. The molecule has 6 heteroatoms. The van der Waals surface area contributed by atoms with Crippen LogP contribution < -0.4 is 5.32 Å². The van der Waals surface area contributed by atoms with Gasteiger partial charge in [-0.1, -0.05) is 68.4 Å². The Hall–Kier alpha value is -2.96. The second kappa shape index (κ2) is 9.67. The maximum Gasteiger partial charge on any atom is 0.295 e. The lowest BCUT2D eigenvalue weighted by atomic mass is 9.93. The number of nitrogens with one attached hydrogen (secondary N) is 1. The molecule has 1 amide bonds. The van der Waals surface area contributed by atoms with Gasteiger partial charge in [0.05, 0.1) is 11.6 Å². The molecule has 2 aromatic rings. The number of Topliss-reactive ketones (excluding diaryl/α,β-unsaturated/α-hetero) is 1. The van der Waals surface area contributed by atoms with Crippen LogP contribution in [0.15, 0.2) is 60.2 Å². The number of piperazine rings is 1. The molecule has 2 heterocycles. The van der Waals surface area contributed by atoms with Crippen LogP contribution in [-0.2, 0) is 9.59 Å². The number of amides is 1. The lowest BCUT2D eigenvalue weighted by molar-refractivity contribution is -0.140. The van der Waals surface area contributed by atoms with Crippen LogP contribution in [0.5, 0.6) is 0 Å². The van der Waals surface area contributed by atoms with Crippen molar-refractivity contribution in [1.29, 1.82) is 0 Å². The van der Waals surface area contributed by atoms with Gasteiger partial charge in [0, 0.05) is 44.8 Å². The van der Waals surface area contributed by atoms with Crippen LogP contribution in [0.25, 0.3) is 5.76 Å². The van der Waals surface area contributed by atoms with E-state index in [1.807, 2.05) is 42.5 Å². The molecule has 0 aromatic heterocycles. The molecule has 0 radical (unpaired) electrons. The molecule has 4 rings (SSSR count). The molecule has 2 aromatic carbocycles. The first-order chi connectivity index (χ1) is 15.5. The Morgan fingerprint density at radius 3 is 2.28 bits per heavy atom. The first kappa shape index (κ1) is 22.2. The number of benzene rings is 2. The molecule has 0 aliphatic carbocycles. The maximum absolute atomic E-state index is 13.1. The van der Waals surface area contributed by atoms with Crippen molar-refractivity contribution in [3.05, 3.63) is 76.9 Å². The first-order valence-electron chi connectivity index (χ1n) is 11.3. The van der Waals surface area contributed by atoms with E-state index >= 15 is 0 Å². The second-order valence-electron chi connectivity index (χ2n) is 8.77. The van der Waals surface area contributed by atoms with Gasteiger partial charge in [-0.3, -0.25) is 14.5 Å². The second-order valence-corrected chi connectivity index (χ2v) is 8.77. The van der Waals surface area contributed by atoms with Crippen LogP contribution >= 0.6 is 0 Å². The van der Waals surface area contributed by atoms with E-state index in [0.29, 0.717) is 24.6 Å². The summed E-state index contributed by atoms with van der Waals surface area (Å²) < 4.78 is 0. The van der Waals surface area contributed by atoms with Crippen LogP contribution in [0.1, 0.15) is 42.5 Å². The molecule has 2 aliphatic rings. The summed E-state index contributed by atoms with van der Waals surface area (Å²) in [4.78, 5) is 30.1. The number of rotatable bonds is 6. The summed E-state index contributed by atoms with van der Waals surface area (Å²) >= 11 is 0. The molecule has 168 valence electrons. The number of aliphatic hydroxyl groups is 1. The molecule has 0 unspecified atom stereocenters. The van der Waals surface area contributed by atoms with Crippen molar-refractivity contribution in [2.75, 3.05) is 39.3 Å². The molecule has 0 bridgehead atoms. The normalized spacial score (nSPS) is 21.5. The Bertz CT molecular complexity index is 993. The molecule has 2 aliphatic heterocycles. The van der Waals surface area contributed by atoms with E-state index in [4.69, 9.17) is 0 Å². The Balaban J connectivity index is 1.72. The highest BCUT2D eigenvalue weighted by atomic mass is 16.3. The molecule has 0 spiro atoms. The van der Waals surface area contributed by atoms with Gasteiger partial charge in [0.15, 0.2) is 0 Å². The largest absolute Gasteiger partial charge is 0.507 e. The fraction of sp³-hybridized carbons (Fsp3) is 0.385.